The van der Waals surface area contributed by atoms with Gasteiger partial charge in [-0.2, -0.15) is 0 Å². The molecule has 0 aromatic carbocycles. The summed E-state index contributed by atoms with van der Waals surface area (Å²) >= 11 is 0. The monoisotopic (exact) mass is 169 g/mol. The zero-order chi connectivity index (χ0) is 8.97. The minimum Gasteiger partial charge on any atom is -0.319 e. The van der Waals surface area contributed by atoms with E-state index in [1.54, 1.807) is 0 Å². The smallest absolute Gasteiger partial charge is 0.319 e. The third kappa shape index (κ3) is 2.82. The van der Waals surface area contributed by atoms with Crippen molar-refractivity contribution in [2.75, 3.05) is 0 Å². The molecule has 0 atom stereocenters. The molecule has 0 N–H and O–H groups in total. The van der Waals surface area contributed by atoms with Crippen LogP contribution >= 0.6 is 0 Å². The number of rotatable bonds is 1. The summed E-state index contributed by atoms with van der Waals surface area (Å²) in [4.78, 5) is 25.7. The van der Waals surface area contributed by atoms with Crippen molar-refractivity contribution in [3.63, 3.8) is 0 Å². The zero-order valence-corrected chi connectivity index (χ0v) is 7.00. The van der Waals surface area contributed by atoms with Crippen LogP contribution in [0.2, 0.25) is 0 Å². The highest BCUT2D eigenvalue weighted by atomic mass is 16.7. The van der Waals surface area contributed by atoms with E-state index in [1.165, 1.54) is 6.92 Å². The van der Waals surface area contributed by atoms with Crippen LogP contribution in [-0.2, 0) is 14.4 Å². The van der Waals surface area contributed by atoms with Gasteiger partial charge in [-0.05, 0) is 12.8 Å². The number of nitrogens with zero attached hydrogens (tertiary/aromatic N) is 1. The van der Waals surface area contributed by atoms with Crippen LogP contribution in [0.3, 0.4) is 0 Å². The third-order valence-electron chi connectivity index (χ3n) is 1.63. The predicted molar refractivity (Wildman–Crippen MR) is 42.7 cm³/mol. The summed E-state index contributed by atoms with van der Waals surface area (Å²) in [7, 11) is 0. The average Bonchev–Trinajstić information content (AvgIpc) is 2.01. The Morgan fingerprint density at radius 2 is 2.25 bits per heavy atom. The lowest BCUT2D eigenvalue weighted by Crippen LogP contribution is -2.15. The number of hydrogen-bond donors (Lipinski definition) is 0. The van der Waals surface area contributed by atoms with Crippen LogP contribution < -0.4 is 0 Å². The summed E-state index contributed by atoms with van der Waals surface area (Å²) in [5, 5.41) is 3.58. The Bertz CT molecular complexity index is 232. The van der Waals surface area contributed by atoms with Gasteiger partial charge in [-0.15, -0.1) is 0 Å². The van der Waals surface area contributed by atoms with Crippen molar-refractivity contribution in [3.05, 3.63) is 0 Å². The molecule has 1 fully saturated rings. The van der Waals surface area contributed by atoms with E-state index in [0.29, 0.717) is 18.6 Å². The number of ketones is 1. The minimum absolute atomic E-state index is 0.173. The first-order chi connectivity index (χ1) is 5.68. The van der Waals surface area contributed by atoms with E-state index in [-0.39, 0.29) is 5.78 Å². The molecule has 1 saturated carbocycles. The van der Waals surface area contributed by atoms with Crippen LogP contribution in [-0.4, -0.2) is 17.5 Å². The second kappa shape index (κ2) is 3.99. The van der Waals surface area contributed by atoms with Gasteiger partial charge in [0, 0.05) is 19.8 Å². The topological polar surface area (TPSA) is 55.7 Å². The van der Waals surface area contributed by atoms with Crippen LogP contribution in [0.25, 0.3) is 0 Å². The van der Waals surface area contributed by atoms with E-state index < -0.39 is 5.97 Å². The second-order valence-corrected chi connectivity index (χ2v) is 2.81. The molecule has 0 bridgehead atoms. The molecule has 0 amide bonds. The quantitative estimate of drug-likeness (QED) is 0.435. The number of hydrogen-bond acceptors (Lipinski definition) is 4. The van der Waals surface area contributed by atoms with E-state index in [2.05, 4.69) is 9.99 Å². The predicted octanol–water partition coefficient (Wildman–Crippen LogP) is 1.05. The Kier molecular flexibility index (Phi) is 2.96. The fourth-order valence-corrected chi connectivity index (χ4v) is 1.10. The molecule has 0 saturated heterocycles. The van der Waals surface area contributed by atoms with Crippen LogP contribution in [0.4, 0.5) is 0 Å². The van der Waals surface area contributed by atoms with Gasteiger partial charge in [0.15, 0.2) is 0 Å². The lowest BCUT2D eigenvalue weighted by Gasteiger charge is -2.09. The molecule has 0 spiro atoms. The summed E-state index contributed by atoms with van der Waals surface area (Å²) in [5.41, 5.74) is 0.682. The van der Waals surface area contributed by atoms with Crippen molar-refractivity contribution in [1.82, 2.24) is 0 Å². The second-order valence-electron chi connectivity index (χ2n) is 2.81. The molecule has 0 heterocycles. The minimum atomic E-state index is -0.444. The van der Waals surface area contributed by atoms with Crippen molar-refractivity contribution in [1.29, 1.82) is 0 Å². The molecule has 1 aliphatic carbocycles. The number of carbonyl (C=O) groups is 2. The Hall–Kier alpha value is -1.19. The normalized spacial score (nSPS) is 21.1. The first-order valence-electron chi connectivity index (χ1n) is 3.93. The number of carbonyl (C=O) groups excluding carboxylic acids is 2. The van der Waals surface area contributed by atoms with Crippen molar-refractivity contribution in [2.45, 2.75) is 32.6 Å². The summed E-state index contributed by atoms with van der Waals surface area (Å²) in [6, 6.07) is 0. The van der Waals surface area contributed by atoms with E-state index >= 15 is 0 Å². The highest BCUT2D eigenvalue weighted by molar-refractivity contribution is 6.03. The van der Waals surface area contributed by atoms with Crippen LogP contribution in [0.5, 0.6) is 0 Å². The van der Waals surface area contributed by atoms with Crippen LogP contribution in [0.1, 0.15) is 32.6 Å². The van der Waals surface area contributed by atoms with Gasteiger partial charge in [-0.25, -0.2) is 4.79 Å². The van der Waals surface area contributed by atoms with Crippen LogP contribution in [0.15, 0.2) is 5.16 Å². The fraction of sp³-hybridized carbons (Fsp3) is 0.625. The fourth-order valence-electron chi connectivity index (χ4n) is 1.10. The molecule has 0 aromatic rings. The molecule has 0 aliphatic heterocycles. The molecule has 4 heteroatoms. The van der Waals surface area contributed by atoms with E-state index in [0.717, 1.165) is 12.8 Å². The van der Waals surface area contributed by atoms with E-state index in [1.807, 2.05) is 0 Å². The maximum Gasteiger partial charge on any atom is 0.331 e. The maximum absolute atomic E-state index is 10.9. The van der Waals surface area contributed by atoms with Crippen molar-refractivity contribution in [2.24, 2.45) is 5.16 Å². The molecule has 0 unspecified atom stereocenters. The van der Waals surface area contributed by atoms with Gasteiger partial charge in [-0.3, -0.25) is 4.79 Å². The Balaban J connectivity index is 2.45. The molecular weight excluding hydrogens is 158 g/mol. The standard InChI is InChI=1S/C8H11NO3/c1-6(10)12-9-7-3-2-4-8(11)5-7/h2-5H2,1H3/b9-7-. The first kappa shape index (κ1) is 8.90. The summed E-state index contributed by atoms with van der Waals surface area (Å²) in [5.74, 6) is -0.271. The zero-order valence-electron chi connectivity index (χ0n) is 7.00. The largest absolute Gasteiger partial charge is 0.331 e. The van der Waals surface area contributed by atoms with Crippen molar-refractivity contribution < 1.29 is 14.4 Å². The Morgan fingerprint density at radius 1 is 1.50 bits per heavy atom. The van der Waals surface area contributed by atoms with Gasteiger partial charge >= 0.3 is 5.97 Å². The number of Topliss-reactive ketones (excluding diaryl/α,β-unsaturated/α-hetero) is 1. The molecular formula is C8H11NO3. The summed E-state index contributed by atoms with van der Waals surface area (Å²) < 4.78 is 0. The maximum atomic E-state index is 10.9. The molecule has 1 aliphatic rings. The summed E-state index contributed by atoms with van der Waals surface area (Å²) in [6.45, 7) is 1.29. The molecule has 1 rings (SSSR count). The lowest BCUT2D eigenvalue weighted by molar-refractivity contribution is -0.141. The van der Waals surface area contributed by atoms with Gasteiger partial charge < -0.3 is 4.84 Å². The van der Waals surface area contributed by atoms with Gasteiger partial charge in [0.25, 0.3) is 0 Å². The van der Waals surface area contributed by atoms with Gasteiger partial charge in [-0.1, -0.05) is 5.16 Å². The molecule has 66 valence electrons. The number of oxime groups is 1. The van der Waals surface area contributed by atoms with Crippen molar-refractivity contribution in [3.8, 4) is 0 Å². The van der Waals surface area contributed by atoms with Crippen molar-refractivity contribution >= 4 is 17.5 Å². The SMILES string of the molecule is CC(=O)O/N=C1/CCCC(=O)C1. The molecule has 4 nitrogen and oxygen atoms in total. The Morgan fingerprint density at radius 3 is 2.83 bits per heavy atom. The van der Waals surface area contributed by atoms with Gasteiger partial charge in [0.2, 0.25) is 0 Å². The highest BCUT2D eigenvalue weighted by Crippen LogP contribution is 2.11. The van der Waals surface area contributed by atoms with Gasteiger partial charge in [0.1, 0.15) is 5.78 Å². The average molecular weight is 169 g/mol. The van der Waals surface area contributed by atoms with Crippen LogP contribution in [0, 0.1) is 0 Å². The third-order valence-corrected chi connectivity index (χ3v) is 1.63. The molecule has 0 radical (unpaired) electrons. The lowest BCUT2D eigenvalue weighted by atomic mass is 9.98. The first-order valence-corrected chi connectivity index (χ1v) is 3.93. The summed E-state index contributed by atoms with van der Waals surface area (Å²) in [6.07, 6.45) is 2.55. The van der Waals surface area contributed by atoms with Gasteiger partial charge in [0.05, 0.1) is 5.71 Å². The van der Waals surface area contributed by atoms with E-state index in [9.17, 15) is 9.59 Å². The highest BCUT2D eigenvalue weighted by Gasteiger charge is 2.14. The Labute approximate surface area is 70.6 Å². The molecule has 0 aromatic heterocycles. The molecule has 12 heavy (non-hydrogen) atoms. The van der Waals surface area contributed by atoms with E-state index in [4.69, 9.17) is 0 Å².